The molecule has 0 aliphatic carbocycles. The Morgan fingerprint density at radius 3 is 2.86 bits per heavy atom. The minimum Gasteiger partial charge on any atom is -0.461 e. The number of hydrogen-bond acceptors (Lipinski definition) is 6. The van der Waals surface area contributed by atoms with Crippen LogP contribution in [0.15, 0.2) is 35.2 Å². The average Bonchev–Trinajstić information content (AvgIpc) is 2.54. The lowest BCUT2D eigenvalue weighted by Crippen LogP contribution is -2.23. The molecule has 2 aromatic heterocycles. The lowest BCUT2D eigenvalue weighted by atomic mass is 10.3. The maximum Gasteiger partial charge on any atom is 0.358 e. The van der Waals surface area contributed by atoms with E-state index in [9.17, 15) is 4.79 Å². The van der Waals surface area contributed by atoms with Crippen molar-refractivity contribution in [3.05, 3.63) is 46.6 Å². The van der Waals surface area contributed by atoms with E-state index in [4.69, 9.17) is 4.74 Å². The van der Waals surface area contributed by atoms with Gasteiger partial charge in [0.2, 0.25) is 0 Å². The van der Waals surface area contributed by atoms with Gasteiger partial charge < -0.3 is 9.64 Å². The Morgan fingerprint density at radius 1 is 1.36 bits per heavy atom. The molecule has 0 atom stereocenters. The van der Waals surface area contributed by atoms with E-state index in [2.05, 4.69) is 30.9 Å². The summed E-state index contributed by atoms with van der Waals surface area (Å²) in [5, 5.41) is 0. The number of esters is 1. The first kappa shape index (κ1) is 16.4. The van der Waals surface area contributed by atoms with Gasteiger partial charge >= 0.3 is 5.97 Å². The number of carbonyl (C=O) groups excluding carboxylic acids is 1. The summed E-state index contributed by atoms with van der Waals surface area (Å²) in [4.78, 5) is 26.5. The summed E-state index contributed by atoms with van der Waals surface area (Å²) in [5.41, 5.74) is 1.20. The summed E-state index contributed by atoms with van der Waals surface area (Å²) in [6, 6.07) is 3.65. The third-order valence-electron chi connectivity index (χ3n) is 3.01. The molecule has 0 saturated carbocycles. The smallest absolute Gasteiger partial charge is 0.358 e. The molecule has 0 saturated heterocycles. The number of pyridine rings is 1. The van der Waals surface area contributed by atoms with Crippen LogP contribution in [0.5, 0.6) is 0 Å². The van der Waals surface area contributed by atoms with Crippen LogP contribution in [0.4, 0.5) is 5.82 Å². The molecule has 22 heavy (non-hydrogen) atoms. The molecule has 0 unspecified atom stereocenters. The van der Waals surface area contributed by atoms with Crippen molar-refractivity contribution in [3.63, 3.8) is 0 Å². The Balaban J connectivity index is 2.08. The van der Waals surface area contributed by atoms with Crippen molar-refractivity contribution in [1.82, 2.24) is 15.0 Å². The van der Waals surface area contributed by atoms with Crippen molar-refractivity contribution in [1.29, 1.82) is 0 Å². The van der Waals surface area contributed by atoms with Crippen molar-refractivity contribution in [3.8, 4) is 0 Å². The quantitative estimate of drug-likeness (QED) is 0.733. The van der Waals surface area contributed by atoms with Gasteiger partial charge in [-0.25, -0.2) is 9.78 Å². The summed E-state index contributed by atoms with van der Waals surface area (Å²) in [6.45, 7) is 2.80. The normalized spacial score (nSPS) is 10.3. The lowest BCUT2D eigenvalue weighted by Gasteiger charge is -2.18. The number of ether oxygens (including phenoxy) is 1. The molecule has 0 radical (unpaired) electrons. The lowest BCUT2D eigenvalue weighted by molar-refractivity contribution is 0.0518. The summed E-state index contributed by atoms with van der Waals surface area (Å²) < 4.78 is 5.63. The Bertz CT molecular complexity index is 637. The molecule has 0 aromatic carbocycles. The van der Waals surface area contributed by atoms with E-state index >= 15 is 0 Å². The largest absolute Gasteiger partial charge is 0.461 e. The van der Waals surface area contributed by atoms with Crippen LogP contribution in [-0.4, -0.2) is 41.1 Å². The van der Waals surface area contributed by atoms with E-state index in [0.717, 1.165) is 18.7 Å². The van der Waals surface area contributed by atoms with Crippen molar-refractivity contribution >= 4 is 27.7 Å². The molecule has 7 heteroatoms. The van der Waals surface area contributed by atoms with Crippen LogP contribution in [0.2, 0.25) is 0 Å². The number of halogens is 1. The predicted octanol–water partition coefficient (Wildman–Crippen LogP) is 2.49. The predicted molar refractivity (Wildman–Crippen MR) is 86.9 cm³/mol. The molecule has 0 bridgehead atoms. The second-order valence-corrected chi connectivity index (χ2v) is 5.44. The average molecular weight is 365 g/mol. The summed E-state index contributed by atoms with van der Waals surface area (Å²) in [5.74, 6) is 0.272. The van der Waals surface area contributed by atoms with E-state index in [-0.39, 0.29) is 5.69 Å². The fraction of sp³-hybridized carbons (Fsp3) is 0.333. The van der Waals surface area contributed by atoms with Gasteiger partial charge in [-0.2, -0.15) is 0 Å². The zero-order chi connectivity index (χ0) is 15.9. The van der Waals surface area contributed by atoms with Crippen LogP contribution in [-0.2, 0) is 11.2 Å². The van der Waals surface area contributed by atoms with Crippen molar-refractivity contribution < 1.29 is 9.53 Å². The second kappa shape index (κ2) is 7.84. The standard InChI is InChI=1S/C15H17BrN4O2/c1-3-22-15(21)14-12(16)4-5-13(19-14)20(2)9-6-11-10-17-7-8-18-11/h4-5,7-8,10H,3,6,9H2,1-2H3. The van der Waals surface area contributed by atoms with Crippen LogP contribution in [0, 0.1) is 0 Å². The van der Waals surface area contributed by atoms with Crippen molar-refractivity contribution in [2.75, 3.05) is 25.1 Å². The van der Waals surface area contributed by atoms with Gasteiger partial charge in [0.05, 0.1) is 16.8 Å². The number of likely N-dealkylation sites (N-methyl/N-ethyl adjacent to an activating group) is 1. The summed E-state index contributed by atoms with van der Waals surface area (Å²) >= 11 is 3.33. The van der Waals surface area contributed by atoms with Gasteiger partial charge in [-0.15, -0.1) is 0 Å². The molecule has 116 valence electrons. The van der Waals surface area contributed by atoms with E-state index in [1.165, 1.54) is 0 Å². The zero-order valence-electron chi connectivity index (χ0n) is 12.5. The fourth-order valence-electron chi connectivity index (χ4n) is 1.84. The highest BCUT2D eigenvalue weighted by Gasteiger charge is 2.15. The van der Waals surface area contributed by atoms with Gasteiger partial charge in [-0.1, -0.05) is 0 Å². The third-order valence-corrected chi connectivity index (χ3v) is 3.65. The Hall–Kier alpha value is -2.02. The van der Waals surface area contributed by atoms with Crippen LogP contribution in [0.3, 0.4) is 0 Å². The molecule has 6 nitrogen and oxygen atoms in total. The fourth-order valence-corrected chi connectivity index (χ4v) is 2.23. The molecule has 0 N–H and O–H groups in total. The molecule has 2 aromatic rings. The number of hydrogen-bond donors (Lipinski definition) is 0. The van der Waals surface area contributed by atoms with E-state index in [1.807, 2.05) is 18.0 Å². The van der Waals surface area contributed by atoms with Crippen LogP contribution in [0.1, 0.15) is 23.1 Å². The maximum atomic E-state index is 11.9. The van der Waals surface area contributed by atoms with E-state index < -0.39 is 5.97 Å². The monoisotopic (exact) mass is 364 g/mol. The number of anilines is 1. The summed E-state index contributed by atoms with van der Waals surface area (Å²) in [7, 11) is 1.92. The zero-order valence-corrected chi connectivity index (χ0v) is 14.1. The summed E-state index contributed by atoms with van der Waals surface area (Å²) in [6.07, 6.45) is 5.81. The van der Waals surface area contributed by atoms with Gasteiger partial charge in [0.25, 0.3) is 0 Å². The van der Waals surface area contributed by atoms with Crippen LogP contribution in [0.25, 0.3) is 0 Å². The van der Waals surface area contributed by atoms with E-state index in [1.54, 1.807) is 31.6 Å². The molecule has 0 fully saturated rings. The van der Waals surface area contributed by atoms with Gasteiger partial charge in [-0.3, -0.25) is 9.97 Å². The van der Waals surface area contributed by atoms with E-state index in [0.29, 0.717) is 16.9 Å². The molecule has 0 amide bonds. The van der Waals surface area contributed by atoms with Gasteiger partial charge in [0.1, 0.15) is 5.82 Å². The minimum absolute atomic E-state index is 0.283. The first-order valence-corrected chi connectivity index (χ1v) is 7.70. The highest BCUT2D eigenvalue weighted by atomic mass is 79.9. The van der Waals surface area contributed by atoms with Gasteiger partial charge in [-0.05, 0) is 35.0 Å². The number of nitrogens with zero attached hydrogens (tertiary/aromatic N) is 4. The molecule has 0 aliphatic rings. The first-order valence-electron chi connectivity index (χ1n) is 6.91. The topological polar surface area (TPSA) is 68.2 Å². The third kappa shape index (κ3) is 4.24. The highest BCUT2D eigenvalue weighted by Crippen LogP contribution is 2.20. The Kier molecular flexibility index (Phi) is 5.83. The van der Waals surface area contributed by atoms with Crippen molar-refractivity contribution in [2.45, 2.75) is 13.3 Å². The van der Waals surface area contributed by atoms with Crippen LogP contribution >= 0.6 is 15.9 Å². The van der Waals surface area contributed by atoms with Gasteiger partial charge in [0, 0.05) is 38.6 Å². The van der Waals surface area contributed by atoms with Crippen molar-refractivity contribution in [2.24, 2.45) is 0 Å². The Labute approximate surface area is 137 Å². The number of carbonyl (C=O) groups is 1. The van der Waals surface area contributed by atoms with Gasteiger partial charge in [0.15, 0.2) is 5.69 Å². The highest BCUT2D eigenvalue weighted by molar-refractivity contribution is 9.10. The second-order valence-electron chi connectivity index (χ2n) is 4.59. The maximum absolute atomic E-state index is 11.9. The molecule has 2 rings (SSSR count). The Morgan fingerprint density at radius 2 is 2.18 bits per heavy atom. The molecular weight excluding hydrogens is 348 g/mol. The SMILES string of the molecule is CCOC(=O)c1nc(N(C)CCc2cnccn2)ccc1Br. The number of aromatic nitrogens is 3. The molecular formula is C15H17BrN4O2. The molecule has 0 spiro atoms. The number of rotatable bonds is 6. The van der Waals surface area contributed by atoms with Crippen LogP contribution < -0.4 is 4.90 Å². The molecule has 0 aliphatic heterocycles. The molecule has 2 heterocycles. The first-order chi connectivity index (χ1) is 10.6. The minimum atomic E-state index is -0.432.